The average molecular weight is 450 g/mol. The number of hydrogen-bond acceptors (Lipinski definition) is 5. The molecule has 2 heterocycles. The van der Waals surface area contributed by atoms with Crippen LogP contribution in [0.25, 0.3) is 0 Å². The molecule has 2 saturated heterocycles. The predicted molar refractivity (Wildman–Crippen MR) is 112 cm³/mol. The number of halogens is 3. The number of nitrogens with zero attached hydrogens (tertiary/aromatic N) is 2. The van der Waals surface area contributed by atoms with Gasteiger partial charge in [-0.3, -0.25) is 9.80 Å². The molecule has 4 rings (SSSR count). The first-order valence-corrected chi connectivity index (χ1v) is 10.4. The van der Waals surface area contributed by atoms with Crippen molar-refractivity contribution in [3.8, 4) is 5.75 Å². The van der Waals surface area contributed by atoms with Gasteiger partial charge in [-0.2, -0.15) is 13.2 Å². The fraction of sp³-hybridized carbons (Fsp3) is 0.435. The fourth-order valence-corrected chi connectivity index (χ4v) is 4.26. The van der Waals surface area contributed by atoms with Crippen LogP contribution in [0.1, 0.15) is 24.0 Å². The maximum absolute atomic E-state index is 13.0. The predicted octanol–water partition coefficient (Wildman–Crippen LogP) is 4.02. The van der Waals surface area contributed by atoms with Crippen LogP contribution in [0.3, 0.4) is 0 Å². The second-order valence-corrected chi connectivity index (χ2v) is 8.23. The van der Waals surface area contributed by atoms with Crippen LogP contribution in [-0.2, 0) is 16.5 Å². The summed E-state index contributed by atoms with van der Waals surface area (Å²) in [4.78, 5) is 15.9. The zero-order chi connectivity index (χ0) is 22.9. The van der Waals surface area contributed by atoms with E-state index in [9.17, 15) is 23.1 Å². The first kappa shape index (κ1) is 22.4. The molecule has 0 spiro atoms. The highest BCUT2D eigenvalue weighted by molar-refractivity contribution is 5.89. The van der Waals surface area contributed by atoms with E-state index in [0.717, 1.165) is 17.8 Å². The summed E-state index contributed by atoms with van der Waals surface area (Å²) >= 11 is 0. The quantitative estimate of drug-likeness (QED) is 0.746. The van der Waals surface area contributed by atoms with Crippen LogP contribution in [0.15, 0.2) is 48.5 Å². The monoisotopic (exact) mass is 450 g/mol. The number of carbonyl (C=O) groups excluding carboxylic acids is 1. The van der Waals surface area contributed by atoms with Crippen LogP contribution in [0.4, 0.5) is 23.7 Å². The van der Waals surface area contributed by atoms with Crippen LogP contribution in [0.5, 0.6) is 5.75 Å². The van der Waals surface area contributed by atoms with Crippen molar-refractivity contribution < 1.29 is 32.5 Å². The number of aliphatic hydroxyl groups is 1. The van der Waals surface area contributed by atoms with Gasteiger partial charge in [0.1, 0.15) is 11.9 Å². The lowest BCUT2D eigenvalue weighted by molar-refractivity contribution is -0.137. The highest BCUT2D eigenvalue weighted by atomic mass is 19.4. The van der Waals surface area contributed by atoms with E-state index in [-0.39, 0.29) is 11.7 Å². The van der Waals surface area contributed by atoms with Gasteiger partial charge in [0.05, 0.1) is 24.8 Å². The second kappa shape index (κ2) is 8.63. The smallest absolute Gasteiger partial charge is 0.416 e. The van der Waals surface area contributed by atoms with Crippen molar-refractivity contribution in [2.45, 2.75) is 30.7 Å². The largest absolute Gasteiger partial charge is 0.497 e. The lowest BCUT2D eigenvalue weighted by Crippen LogP contribution is -2.45. The molecule has 2 aromatic carbocycles. The number of amides is 1. The van der Waals surface area contributed by atoms with Crippen molar-refractivity contribution in [2.75, 3.05) is 38.2 Å². The Kier molecular flexibility index (Phi) is 6.05. The van der Waals surface area contributed by atoms with Gasteiger partial charge < -0.3 is 14.6 Å². The molecule has 2 aliphatic rings. The van der Waals surface area contributed by atoms with E-state index < -0.39 is 23.4 Å². The van der Waals surface area contributed by atoms with E-state index in [1.807, 2.05) is 0 Å². The molecular weight excluding hydrogens is 425 g/mol. The first-order chi connectivity index (χ1) is 15.2. The van der Waals surface area contributed by atoms with E-state index in [4.69, 9.17) is 9.47 Å². The number of cyclic esters (lactones) is 1. The van der Waals surface area contributed by atoms with Crippen LogP contribution >= 0.6 is 0 Å². The molecule has 1 N–H and O–H groups in total. The van der Waals surface area contributed by atoms with Crippen molar-refractivity contribution in [1.29, 1.82) is 0 Å². The molecule has 0 bridgehead atoms. The molecule has 9 heteroatoms. The van der Waals surface area contributed by atoms with Crippen molar-refractivity contribution in [3.63, 3.8) is 0 Å². The lowest BCUT2D eigenvalue weighted by Gasteiger charge is -2.39. The number of rotatable bonds is 5. The van der Waals surface area contributed by atoms with Gasteiger partial charge in [-0.25, -0.2) is 4.79 Å². The SMILES string of the molecule is COc1ccc(N2CC(CN3CCC(O)(c4cccc(C(F)(F)F)c4)CC3)OC2=O)cc1. The van der Waals surface area contributed by atoms with E-state index >= 15 is 0 Å². The summed E-state index contributed by atoms with van der Waals surface area (Å²) in [5.41, 5.74) is -1.07. The zero-order valence-corrected chi connectivity index (χ0v) is 17.6. The summed E-state index contributed by atoms with van der Waals surface area (Å²) in [6, 6.07) is 12.0. The number of piperidine rings is 1. The number of benzene rings is 2. The number of alkyl halides is 3. The van der Waals surface area contributed by atoms with Gasteiger partial charge in [0, 0.05) is 25.3 Å². The number of carbonyl (C=O) groups is 1. The van der Waals surface area contributed by atoms with Gasteiger partial charge in [-0.15, -0.1) is 0 Å². The van der Waals surface area contributed by atoms with Crippen molar-refractivity contribution in [3.05, 3.63) is 59.7 Å². The summed E-state index contributed by atoms with van der Waals surface area (Å²) in [6.45, 7) is 1.88. The number of methoxy groups -OCH3 is 1. The lowest BCUT2D eigenvalue weighted by atomic mass is 9.83. The molecule has 0 saturated carbocycles. The third kappa shape index (κ3) is 4.68. The number of anilines is 1. The van der Waals surface area contributed by atoms with E-state index in [2.05, 4.69) is 4.90 Å². The molecule has 0 aliphatic carbocycles. The molecule has 1 unspecified atom stereocenters. The van der Waals surface area contributed by atoms with Crippen LogP contribution < -0.4 is 9.64 Å². The Morgan fingerprint density at radius 3 is 2.47 bits per heavy atom. The minimum atomic E-state index is -4.45. The van der Waals surface area contributed by atoms with Gasteiger partial charge in [-0.1, -0.05) is 12.1 Å². The molecule has 6 nitrogen and oxygen atoms in total. The Balaban J connectivity index is 1.34. The molecule has 0 aromatic heterocycles. The Hall–Kier alpha value is -2.78. The highest BCUT2D eigenvalue weighted by Crippen LogP contribution is 2.37. The number of ether oxygens (including phenoxy) is 2. The van der Waals surface area contributed by atoms with Crippen LogP contribution in [0, 0.1) is 0 Å². The van der Waals surface area contributed by atoms with Gasteiger partial charge >= 0.3 is 12.3 Å². The topological polar surface area (TPSA) is 62.2 Å². The second-order valence-electron chi connectivity index (χ2n) is 8.23. The molecule has 2 aliphatic heterocycles. The summed E-state index contributed by atoms with van der Waals surface area (Å²) in [7, 11) is 1.57. The van der Waals surface area contributed by atoms with Crippen molar-refractivity contribution in [2.24, 2.45) is 0 Å². The Morgan fingerprint density at radius 1 is 1.16 bits per heavy atom. The minimum absolute atomic E-state index is 0.282. The Bertz CT molecular complexity index is 956. The summed E-state index contributed by atoms with van der Waals surface area (Å²) in [6.07, 6.45) is -4.59. The standard InChI is InChI=1S/C23H25F3N2O4/c1-31-19-7-5-18(6-8-19)28-15-20(32-21(28)29)14-27-11-9-22(30,10-12-27)16-3-2-4-17(13-16)23(24,25)26/h2-8,13,20,30H,9-12,14-15H2,1H3. The van der Waals surface area contributed by atoms with Gasteiger partial charge in [0.25, 0.3) is 0 Å². The van der Waals surface area contributed by atoms with Crippen LogP contribution in [-0.4, -0.2) is 55.5 Å². The molecule has 2 fully saturated rings. The zero-order valence-electron chi connectivity index (χ0n) is 17.6. The average Bonchev–Trinajstić information content (AvgIpc) is 3.15. The Morgan fingerprint density at radius 2 is 1.84 bits per heavy atom. The molecule has 2 aromatic rings. The number of hydrogen-bond donors (Lipinski definition) is 1. The molecule has 1 atom stereocenters. The molecule has 172 valence electrons. The Labute approximate surface area is 184 Å². The van der Waals surface area contributed by atoms with Crippen molar-refractivity contribution >= 4 is 11.8 Å². The summed E-state index contributed by atoms with van der Waals surface area (Å²) in [5.74, 6) is 0.694. The molecular formula is C23H25F3N2O4. The molecule has 32 heavy (non-hydrogen) atoms. The number of likely N-dealkylation sites (tertiary alicyclic amines) is 1. The third-order valence-corrected chi connectivity index (χ3v) is 6.13. The van der Waals surface area contributed by atoms with E-state index in [0.29, 0.717) is 44.8 Å². The summed E-state index contributed by atoms with van der Waals surface area (Å²) < 4.78 is 49.7. The summed E-state index contributed by atoms with van der Waals surface area (Å²) in [5, 5.41) is 11.0. The van der Waals surface area contributed by atoms with E-state index in [1.54, 1.807) is 36.3 Å². The molecule has 0 radical (unpaired) electrons. The third-order valence-electron chi connectivity index (χ3n) is 6.13. The van der Waals surface area contributed by atoms with E-state index in [1.165, 1.54) is 12.1 Å². The van der Waals surface area contributed by atoms with Gasteiger partial charge in [-0.05, 0) is 54.8 Å². The molecule has 1 amide bonds. The maximum atomic E-state index is 13.0. The minimum Gasteiger partial charge on any atom is -0.497 e. The fourth-order valence-electron chi connectivity index (χ4n) is 4.26. The van der Waals surface area contributed by atoms with Crippen molar-refractivity contribution in [1.82, 2.24) is 4.90 Å². The normalized spacial score (nSPS) is 21.5. The highest BCUT2D eigenvalue weighted by Gasteiger charge is 2.39. The maximum Gasteiger partial charge on any atom is 0.416 e. The van der Waals surface area contributed by atoms with Gasteiger partial charge in [0.15, 0.2) is 0 Å². The van der Waals surface area contributed by atoms with Gasteiger partial charge in [0.2, 0.25) is 0 Å². The first-order valence-electron chi connectivity index (χ1n) is 10.4. The van der Waals surface area contributed by atoms with Crippen LogP contribution in [0.2, 0.25) is 0 Å².